The minimum absolute atomic E-state index is 0.165. The van der Waals surface area contributed by atoms with E-state index < -0.39 is 11.1 Å². The van der Waals surface area contributed by atoms with Crippen molar-refractivity contribution in [2.75, 3.05) is 0 Å². The fourth-order valence-corrected chi connectivity index (χ4v) is 3.26. The third kappa shape index (κ3) is 3.78. The molecule has 1 aliphatic heterocycles. The molecule has 1 heterocycles. The molecule has 0 saturated carbocycles. The summed E-state index contributed by atoms with van der Waals surface area (Å²) in [4.78, 5) is 12.1. The molecule has 2 rings (SSSR count). The number of hydroxylamine groups is 2. The van der Waals surface area contributed by atoms with Crippen molar-refractivity contribution in [2.45, 2.75) is 64.1 Å². The van der Waals surface area contributed by atoms with Gasteiger partial charge < -0.3 is 9.84 Å². The topological polar surface area (TPSA) is 69.7 Å². The van der Waals surface area contributed by atoms with E-state index in [2.05, 4.69) is 0 Å². The zero-order valence-corrected chi connectivity index (χ0v) is 13.6. The number of esters is 1. The summed E-state index contributed by atoms with van der Waals surface area (Å²) in [5, 5.41) is 22.6. The molecule has 0 atom stereocenters. The fraction of sp³-hybridized carbons (Fsp3) is 0.588. The van der Waals surface area contributed by atoms with Crippen LogP contribution >= 0.6 is 0 Å². The summed E-state index contributed by atoms with van der Waals surface area (Å²) in [6.07, 6.45) is 0.973. The molecule has 1 aliphatic rings. The summed E-state index contributed by atoms with van der Waals surface area (Å²) < 4.78 is 5.58. The molecule has 1 aromatic carbocycles. The van der Waals surface area contributed by atoms with Gasteiger partial charge in [-0.25, -0.2) is 0 Å². The Bertz CT molecular complexity index is 518. The van der Waals surface area contributed by atoms with E-state index in [1.165, 1.54) is 0 Å². The lowest BCUT2D eigenvalue weighted by Crippen LogP contribution is -2.60. The number of carbonyl (C=O) groups is 1. The van der Waals surface area contributed by atoms with Gasteiger partial charge in [-0.3, -0.25) is 4.79 Å². The normalized spacial score (nSPS) is 21.5. The second-order valence-corrected chi connectivity index (χ2v) is 7.28. The summed E-state index contributed by atoms with van der Waals surface area (Å²) in [6.45, 7) is 7.51. The van der Waals surface area contributed by atoms with Gasteiger partial charge >= 0.3 is 5.97 Å². The Morgan fingerprint density at radius 3 is 2.18 bits per heavy atom. The molecule has 1 aromatic rings. The fourth-order valence-electron chi connectivity index (χ4n) is 3.26. The van der Waals surface area contributed by atoms with Crippen LogP contribution in [0.1, 0.15) is 46.1 Å². The molecule has 0 aliphatic carbocycles. The van der Waals surface area contributed by atoms with E-state index in [0.29, 0.717) is 12.8 Å². The Labute approximate surface area is 131 Å². The molecule has 121 valence electrons. The Hall–Kier alpha value is -1.59. The average Bonchev–Trinajstić information content (AvgIpc) is 2.38. The van der Waals surface area contributed by atoms with E-state index in [-0.39, 0.29) is 24.2 Å². The second kappa shape index (κ2) is 5.89. The number of hydrogen-bond acceptors (Lipinski definition) is 4. The van der Waals surface area contributed by atoms with Gasteiger partial charge in [0.25, 0.3) is 0 Å². The molecule has 1 radical (unpaired) electrons. The van der Waals surface area contributed by atoms with Crippen molar-refractivity contribution in [3.05, 3.63) is 29.8 Å². The van der Waals surface area contributed by atoms with Crippen molar-refractivity contribution in [3.63, 3.8) is 0 Å². The van der Waals surface area contributed by atoms with Gasteiger partial charge in [-0.15, -0.1) is 10.3 Å². The summed E-state index contributed by atoms with van der Waals surface area (Å²) in [6, 6.07) is 6.49. The first kappa shape index (κ1) is 16.8. The van der Waals surface area contributed by atoms with Crippen LogP contribution in [0, 0.1) is 0 Å². The smallest absolute Gasteiger partial charge is 0.310 e. The lowest BCUT2D eigenvalue weighted by atomic mass is 9.80. The summed E-state index contributed by atoms with van der Waals surface area (Å²) in [5.74, 6) is -0.134. The highest BCUT2D eigenvalue weighted by Crippen LogP contribution is 2.38. The van der Waals surface area contributed by atoms with Gasteiger partial charge in [-0.2, -0.15) is 0 Å². The lowest BCUT2D eigenvalue weighted by molar-refractivity contribution is -0.299. The Morgan fingerprint density at radius 1 is 1.18 bits per heavy atom. The maximum absolute atomic E-state index is 12.3. The highest BCUT2D eigenvalue weighted by Gasteiger charge is 2.47. The van der Waals surface area contributed by atoms with Crippen molar-refractivity contribution in [1.82, 2.24) is 5.06 Å². The van der Waals surface area contributed by atoms with Crippen molar-refractivity contribution in [1.29, 1.82) is 0 Å². The van der Waals surface area contributed by atoms with E-state index in [1.807, 2.05) is 27.7 Å². The van der Waals surface area contributed by atoms with Crippen LogP contribution in [0.25, 0.3) is 0 Å². The minimum atomic E-state index is -0.550. The van der Waals surface area contributed by atoms with Gasteiger partial charge in [0.1, 0.15) is 11.9 Å². The van der Waals surface area contributed by atoms with Crippen molar-refractivity contribution in [2.24, 2.45) is 0 Å². The molecule has 1 N–H and O–H groups in total. The molecular formula is C17H24NO4. The monoisotopic (exact) mass is 306 g/mol. The van der Waals surface area contributed by atoms with Crippen molar-refractivity contribution >= 4 is 5.97 Å². The number of aromatic hydroxyl groups is 1. The van der Waals surface area contributed by atoms with Crippen LogP contribution in [-0.4, -0.2) is 33.3 Å². The summed E-state index contributed by atoms with van der Waals surface area (Å²) >= 11 is 0. The molecule has 0 spiro atoms. The van der Waals surface area contributed by atoms with E-state index >= 15 is 0 Å². The molecule has 1 saturated heterocycles. The number of benzene rings is 1. The predicted molar refractivity (Wildman–Crippen MR) is 81.6 cm³/mol. The van der Waals surface area contributed by atoms with Gasteiger partial charge in [0.15, 0.2) is 0 Å². The summed E-state index contributed by atoms with van der Waals surface area (Å²) in [5.41, 5.74) is -0.307. The number of rotatable bonds is 3. The van der Waals surface area contributed by atoms with Crippen molar-refractivity contribution < 1.29 is 19.8 Å². The van der Waals surface area contributed by atoms with Gasteiger partial charge in [0, 0.05) is 23.9 Å². The number of piperidine rings is 1. The van der Waals surface area contributed by atoms with Gasteiger partial charge in [-0.1, -0.05) is 12.1 Å². The standard InChI is InChI=1S/C17H24NO4/c1-16(2)10-14(11-17(3,4)18(16)21)22-15(20)9-12-5-7-13(19)8-6-12/h5-8,14,19H,9-11H2,1-4H3. The highest BCUT2D eigenvalue weighted by atomic mass is 16.5. The highest BCUT2D eigenvalue weighted by molar-refractivity contribution is 5.72. The number of carbonyl (C=O) groups excluding carboxylic acids is 1. The first-order valence-corrected chi connectivity index (χ1v) is 7.55. The largest absolute Gasteiger partial charge is 0.508 e. The van der Waals surface area contributed by atoms with E-state index in [0.717, 1.165) is 10.6 Å². The molecule has 0 bridgehead atoms. The number of ether oxygens (including phenoxy) is 1. The average molecular weight is 306 g/mol. The number of nitrogens with zero attached hydrogens (tertiary/aromatic N) is 1. The first-order valence-electron chi connectivity index (χ1n) is 7.55. The third-order valence-corrected chi connectivity index (χ3v) is 4.14. The van der Waals surface area contributed by atoms with Crippen LogP contribution in [0.4, 0.5) is 0 Å². The molecule has 1 fully saturated rings. The Kier molecular flexibility index (Phi) is 4.49. The maximum Gasteiger partial charge on any atom is 0.310 e. The SMILES string of the molecule is CC1(C)CC(OC(=O)Cc2ccc(O)cc2)CC(C)(C)N1[O]. The number of phenols is 1. The van der Waals surface area contributed by atoms with Crippen LogP contribution in [0.5, 0.6) is 5.75 Å². The predicted octanol–water partition coefficient (Wildman–Crippen LogP) is 2.85. The molecule has 22 heavy (non-hydrogen) atoms. The minimum Gasteiger partial charge on any atom is -0.508 e. The van der Waals surface area contributed by atoms with Crippen LogP contribution < -0.4 is 0 Å². The molecule has 5 nitrogen and oxygen atoms in total. The van der Waals surface area contributed by atoms with Crippen LogP contribution in [-0.2, 0) is 21.2 Å². The quantitative estimate of drug-likeness (QED) is 0.872. The maximum atomic E-state index is 12.3. The Balaban J connectivity index is 1.98. The second-order valence-electron chi connectivity index (χ2n) is 7.28. The van der Waals surface area contributed by atoms with Crippen LogP contribution in [0.15, 0.2) is 24.3 Å². The lowest BCUT2D eigenvalue weighted by Gasteiger charge is -2.49. The van der Waals surface area contributed by atoms with Gasteiger partial charge in [0.05, 0.1) is 6.42 Å². The van der Waals surface area contributed by atoms with E-state index in [4.69, 9.17) is 4.74 Å². The van der Waals surface area contributed by atoms with E-state index in [1.54, 1.807) is 24.3 Å². The summed E-state index contributed by atoms with van der Waals surface area (Å²) in [7, 11) is 0. The Morgan fingerprint density at radius 2 is 1.68 bits per heavy atom. The zero-order chi connectivity index (χ0) is 16.5. The number of phenolic OH excluding ortho intramolecular Hbond substituents is 1. The third-order valence-electron chi connectivity index (χ3n) is 4.14. The van der Waals surface area contributed by atoms with Gasteiger partial charge in [0.2, 0.25) is 0 Å². The first-order chi connectivity index (χ1) is 10.1. The van der Waals surface area contributed by atoms with Crippen molar-refractivity contribution in [3.8, 4) is 5.75 Å². The molecule has 0 unspecified atom stereocenters. The van der Waals surface area contributed by atoms with Crippen LogP contribution in [0.3, 0.4) is 0 Å². The molecule has 0 aromatic heterocycles. The zero-order valence-electron chi connectivity index (χ0n) is 13.6. The van der Waals surface area contributed by atoms with E-state index in [9.17, 15) is 15.1 Å². The number of hydrogen-bond donors (Lipinski definition) is 1. The molecule has 5 heteroatoms. The molecule has 0 amide bonds. The molecular weight excluding hydrogens is 282 g/mol. The van der Waals surface area contributed by atoms with Gasteiger partial charge in [-0.05, 0) is 45.4 Å². The van der Waals surface area contributed by atoms with Crippen LogP contribution in [0.2, 0.25) is 0 Å².